The monoisotopic (exact) mass is 262 g/mol. The molecule has 0 atom stereocenters. The van der Waals surface area contributed by atoms with Gasteiger partial charge in [-0.25, -0.2) is 0 Å². The zero-order chi connectivity index (χ0) is 14.0. The van der Waals surface area contributed by atoms with E-state index in [1.165, 1.54) is 7.11 Å². The number of ether oxygens (including phenoxy) is 1. The number of aromatic nitrogens is 2. The standard InChI is InChI=1S/C14H18N2O3/c1-14(2,3)8-12-15-13(19-16-12)9-5-6-10(17)11(7-9)18-4/h5-7,17H,8H2,1-4H3. The minimum atomic E-state index is 0.0840. The zero-order valence-electron chi connectivity index (χ0n) is 11.6. The smallest absolute Gasteiger partial charge is 0.258 e. The number of hydrogen-bond donors (Lipinski definition) is 1. The highest BCUT2D eigenvalue weighted by atomic mass is 16.5. The van der Waals surface area contributed by atoms with Gasteiger partial charge in [0.2, 0.25) is 0 Å². The summed E-state index contributed by atoms with van der Waals surface area (Å²) in [6, 6.07) is 4.93. The Morgan fingerprint density at radius 1 is 1.32 bits per heavy atom. The Labute approximate surface area is 112 Å². The molecule has 0 bridgehead atoms. The topological polar surface area (TPSA) is 68.4 Å². The highest BCUT2D eigenvalue weighted by Crippen LogP contribution is 2.31. The van der Waals surface area contributed by atoms with Gasteiger partial charge in [0.15, 0.2) is 17.3 Å². The molecule has 0 aliphatic rings. The molecule has 0 fully saturated rings. The Morgan fingerprint density at radius 3 is 2.68 bits per heavy atom. The molecule has 2 aromatic rings. The highest BCUT2D eigenvalue weighted by molar-refractivity contribution is 5.59. The number of methoxy groups -OCH3 is 1. The van der Waals surface area contributed by atoms with Crippen LogP contribution in [0.2, 0.25) is 0 Å². The molecular weight excluding hydrogens is 244 g/mol. The summed E-state index contributed by atoms with van der Waals surface area (Å²) in [6.45, 7) is 6.35. The summed E-state index contributed by atoms with van der Waals surface area (Å²) in [5.41, 5.74) is 0.829. The molecule has 0 saturated heterocycles. The fourth-order valence-corrected chi connectivity index (χ4v) is 1.73. The van der Waals surface area contributed by atoms with Crippen molar-refractivity contribution in [1.29, 1.82) is 0 Å². The molecule has 19 heavy (non-hydrogen) atoms. The summed E-state index contributed by atoms with van der Waals surface area (Å²) in [5.74, 6) is 1.57. The van der Waals surface area contributed by atoms with E-state index in [0.717, 1.165) is 12.0 Å². The first-order chi connectivity index (χ1) is 8.89. The summed E-state index contributed by atoms with van der Waals surface area (Å²) in [5, 5.41) is 13.5. The van der Waals surface area contributed by atoms with E-state index in [1.54, 1.807) is 18.2 Å². The second-order valence-corrected chi connectivity index (χ2v) is 5.64. The van der Waals surface area contributed by atoms with Gasteiger partial charge in [-0.1, -0.05) is 25.9 Å². The van der Waals surface area contributed by atoms with Gasteiger partial charge in [-0.15, -0.1) is 0 Å². The molecule has 1 N–H and O–H groups in total. The third-order valence-corrected chi connectivity index (χ3v) is 2.58. The number of rotatable bonds is 3. The predicted molar refractivity (Wildman–Crippen MR) is 71.1 cm³/mol. The number of aromatic hydroxyl groups is 1. The molecular formula is C14H18N2O3. The van der Waals surface area contributed by atoms with Crippen LogP contribution in [-0.4, -0.2) is 22.4 Å². The second kappa shape index (κ2) is 4.91. The first-order valence-electron chi connectivity index (χ1n) is 6.09. The molecule has 0 radical (unpaired) electrons. The van der Waals surface area contributed by atoms with Gasteiger partial charge in [0.05, 0.1) is 7.11 Å². The van der Waals surface area contributed by atoms with Crippen LogP contribution in [-0.2, 0) is 6.42 Å². The predicted octanol–water partition coefficient (Wildman–Crippen LogP) is 3.04. The summed E-state index contributed by atoms with van der Waals surface area (Å²) in [6.07, 6.45) is 0.742. The molecule has 5 nitrogen and oxygen atoms in total. The largest absolute Gasteiger partial charge is 0.504 e. The van der Waals surface area contributed by atoms with Gasteiger partial charge in [0, 0.05) is 12.0 Å². The van der Waals surface area contributed by atoms with Crippen LogP contribution in [0.15, 0.2) is 22.7 Å². The van der Waals surface area contributed by atoms with E-state index in [9.17, 15) is 5.11 Å². The SMILES string of the molecule is COc1cc(-c2nc(CC(C)(C)C)no2)ccc1O. The molecule has 2 rings (SSSR count). The lowest BCUT2D eigenvalue weighted by Gasteiger charge is -2.14. The van der Waals surface area contributed by atoms with Crippen molar-refractivity contribution in [3.05, 3.63) is 24.0 Å². The van der Waals surface area contributed by atoms with Gasteiger partial charge in [-0.2, -0.15) is 4.98 Å². The van der Waals surface area contributed by atoms with Crippen molar-refractivity contribution < 1.29 is 14.4 Å². The summed E-state index contributed by atoms with van der Waals surface area (Å²) >= 11 is 0. The average Bonchev–Trinajstić information content (AvgIpc) is 2.75. The van der Waals surface area contributed by atoms with E-state index in [0.29, 0.717) is 17.5 Å². The summed E-state index contributed by atoms with van der Waals surface area (Å²) in [7, 11) is 1.50. The lowest BCUT2D eigenvalue weighted by atomic mass is 9.92. The quantitative estimate of drug-likeness (QED) is 0.920. The molecule has 5 heteroatoms. The van der Waals surface area contributed by atoms with E-state index in [4.69, 9.17) is 9.26 Å². The maximum absolute atomic E-state index is 9.55. The summed E-state index contributed by atoms with van der Waals surface area (Å²) < 4.78 is 10.3. The molecule has 0 spiro atoms. The Bertz CT molecular complexity index is 570. The van der Waals surface area contributed by atoms with Gasteiger partial charge >= 0.3 is 0 Å². The van der Waals surface area contributed by atoms with Crippen LogP contribution >= 0.6 is 0 Å². The molecule has 1 aromatic carbocycles. The third-order valence-electron chi connectivity index (χ3n) is 2.58. The lowest BCUT2D eigenvalue weighted by molar-refractivity contribution is 0.371. The average molecular weight is 262 g/mol. The number of phenolic OH excluding ortho intramolecular Hbond substituents is 1. The van der Waals surface area contributed by atoms with Crippen LogP contribution in [0.25, 0.3) is 11.5 Å². The van der Waals surface area contributed by atoms with Crippen LogP contribution in [0.4, 0.5) is 0 Å². The van der Waals surface area contributed by atoms with Crippen LogP contribution < -0.4 is 4.74 Å². The van der Waals surface area contributed by atoms with Crippen molar-refractivity contribution in [2.75, 3.05) is 7.11 Å². The van der Waals surface area contributed by atoms with E-state index in [-0.39, 0.29) is 11.2 Å². The Balaban J connectivity index is 2.28. The lowest BCUT2D eigenvalue weighted by Crippen LogP contribution is -2.10. The van der Waals surface area contributed by atoms with E-state index < -0.39 is 0 Å². The van der Waals surface area contributed by atoms with Gasteiger partial charge in [-0.05, 0) is 23.6 Å². The highest BCUT2D eigenvalue weighted by Gasteiger charge is 2.17. The van der Waals surface area contributed by atoms with Gasteiger partial charge < -0.3 is 14.4 Å². The normalized spacial score (nSPS) is 11.6. The van der Waals surface area contributed by atoms with Gasteiger partial charge in [0.1, 0.15) is 0 Å². The van der Waals surface area contributed by atoms with Crippen molar-refractivity contribution in [3.8, 4) is 23.0 Å². The van der Waals surface area contributed by atoms with Crippen molar-refractivity contribution in [2.45, 2.75) is 27.2 Å². The van der Waals surface area contributed by atoms with Gasteiger partial charge in [0.25, 0.3) is 5.89 Å². The number of nitrogens with zero attached hydrogens (tertiary/aromatic N) is 2. The molecule has 0 aliphatic heterocycles. The molecule has 102 valence electrons. The summed E-state index contributed by atoms with van der Waals surface area (Å²) in [4.78, 5) is 4.36. The maximum atomic E-state index is 9.55. The minimum absolute atomic E-state index is 0.0840. The van der Waals surface area contributed by atoms with Crippen LogP contribution in [0.1, 0.15) is 26.6 Å². The molecule has 0 unspecified atom stereocenters. The first-order valence-corrected chi connectivity index (χ1v) is 6.09. The van der Waals surface area contributed by atoms with E-state index in [2.05, 4.69) is 30.9 Å². The number of phenols is 1. The zero-order valence-corrected chi connectivity index (χ0v) is 11.6. The number of hydrogen-bond acceptors (Lipinski definition) is 5. The second-order valence-electron chi connectivity index (χ2n) is 5.64. The number of benzene rings is 1. The van der Waals surface area contributed by atoms with E-state index >= 15 is 0 Å². The van der Waals surface area contributed by atoms with Crippen molar-refractivity contribution in [3.63, 3.8) is 0 Å². The van der Waals surface area contributed by atoms with Crippen molar-refractivity contribution >= 4 is 0 Å². The third kappa shape index (κ3) is 3.24. The molecule has 1 heterocycles. The Kier molecular flexibility index (Phi) is 3.46. The molecule has 0 aliphatic carbocycles. The fourth-order valence-electron chi connectivity index (χ4n) is 1.73. The maximum Gasteiger partial charge on any atom is 0.258 e. The fraction of sp³-hybridized carbons (Fsp3) is 0.429. The van der Waals surface area contributed by atoms with Crippen LogP contribution in [0.5, 0.6) is 11.5 Å². The molecule has 0 amide bonds. The molecule has 1 aromatic heterocycles. The van der Waals surface area contributed by atoms with Gasteiger partial charge in [-0.3, -0.25) is 0 Å². The van der Waals surface area contributed by atoms with E-state index in [1.807, 2.05) is 0 Å². The van der Waals surface area contributed by atoms with Crippen molar-refractivity contribution in [1.82, 2.24) is 10.1 Å². The van der Waals surface area contributed by atoms with Crippen LogP contribution in [0, 0.1) is 5.41 Å². The molecule has 0 saturated carbocycles. The Morgan fingerprint density at radius 2 is 2.05 bits per heavy atom. The van der Waals surface area contributed by atoms with Crippen molar-refractivity contribution in [2.24, 2.45) is 5.41 Å². The minimum Gasteiger partial charge on any atom is -0.504 e. The Hall–Kier alpha value is -2.04. The van der Waals surface area contributed by atoms with Crippen LogP contribution in [0.3, 0.4) is 0 Å². The first kappa shape index (κ1) is 13.4.